The number of rotatable bonds is 10. The van der Waals surface area contributed by atoms with Gasteiger partial charge in [-0.05, 0) is 44.5 Å². The summed E-state index contributed by atoms with van der Waals surface area (Å²) in [7, 11) is -3.26. The third-order valence-corrected chi connectivity index (χ3v) is 5.79. The molecule has 2 aromatic carbocycles. The molecule has 2 aromatic rings. The zero-order valence-corrected chi connectivity index (χ0v) is 17.3. The molecule has 28 heavy (non-hydrogen) atoms. The van der Waals surface area contributed by atoms with Crippen molar-refractivity contribution in [2.24, 2.45) is 4.99 Å². The molecule has 0 unspecified atom stereocenters. The predicted molar refractivity (Wildman–Crippen MR) is 114 cm³/mol. The molecule has 0 radical (unpaired) electrons. The van der Waals surface area contributed by atoms with Crippen LogP contribution in [0.3, 0.4) is 0 Å². The maximum atomic E-state index is 12.3. The number of hydrogen-bond acceptors (Lipinski definition) is 4. The number of benzene rings is 2. The van der Waals surface area contributed by atoms with Crippen LogP contribution in [0.2, 0.25) is 0 Å². The molecule has 0 bridgehead atoms. The van der Waals surface area contributed by atoms with Crippen molar-refractivity contribution < 1.29 is 13.2 Å². The van der Waals surface area contributed by atoms with Crippen molar-refractivity contribution >= 4 is 15.8 Å². The second-order valence-corrected chi connectivity index (χ2v) is 8.44. The van der Waals surface area contributed by atoms with Crippen LogP contribution in [0.25, 0.3) is 0 Å². The van der Waals surface area contributed by atoms with E-state index in [4.69, 9.17) is 4.74 Å². The zero-order valence-electron chi connectivity index (χ0n) is 16.5. The van der Waals surface area contributed by atoms with E-state index >= 15 is 0 Å². The van der Waals surface area contributed by atoms with Gasteiger partial charge in [0.15, 0.2) is 15.8 Å². The second-order valence-electron chi connectivity index (χ2n) is 6.33. The number of nitrogens with one attached hydrogen (secondary N) is 2. The highest BCUT2D eigenvalue weighted by atomic mass is 32.2. The predicted octanol–water partition coefficient (Wildman–Crippen LogP) is 2.79. The Morgan fingerprint density at radius 3 is 2.43 bits per heavy atom. The van der Waals surface area contributed by atoms with Gasteiger partial charge < -0.3 is 15.4 Å². The van der Waals surface area contributed by atoms with E-state index in [2.05, 4.69) is 15.6 Å². The van der Waals surface area contributed by atoms with Crippen LogP contribution < -0.4 is 15.4 Å². The largest absolute Gasteiger partial charge is 0.492 e. The number of aliphatic imine (C=N–C) groups is 1. The Morgan fingerprint density at radius 1 is 1.04 bits per heavy atom. The van der Waals surface area contributed by atoms with Crippen molar-refractivity contribution in [2.45, 2.75) is 25.2 Å². The molecule has 7 heteroatoms. The number of aryl methyl sites for hydroxylation is 1. The standard InChI is InChI=1S/C21H29N3O3S/c1-3-22-21(24-15-16-27-19-12-10-18(2)11-13-19)23-14-7-17-28(25,26)20-8-5-4-6-9-20/h4-6,8-13H,3,7,14-17H2,1-2H3,(H2,22,23,24). The normalized spacial score (nSPS) is 11.9. The number of hydrogen-bond donors (Lipinski definition) is 2. The molecule has 0 atom stereocenters. The van der Waals surface area contributed by atoms with Crippen molar-refractivity contribution in [3.63, 3.8) is 0 Å². The first-order valence-corrected chi connectivity index (χ1v) is 11.2. The first kappa shape index (κ1) is 21.8. The lowest BCUT2D eigenvalue weighted by Gasteiger charge is -2.12. The van der Waals surface area contributed by atoms with Gasteiger partial charge in [0.25, 0.3) is 0 Å². The van der Waals surface area contributed by atoms with Crippen molar-refractivity contribution in [2.75, 3.05) is 32.0 Å². The highest BCUT2D eigenvalue weighted by molar-refractivity contribution is 7.91. The van der Waals surface area contributed by atoms with Crippen molar-refractivity contribution in [3.8, 4) is 5.75 Å². The van der Waals surface area contributed by atoms with Gasteiger partial charge in [-0.15, -0.1) is 0 Å². The van der Waals surface area contributed by atoms with Gasteiger partial charge in [-0.25, -0.2) is 8.42 Å². The lowest BCUT2D eigenvalue weighted by atomic mass is 10.2. The summed E-state index contributed by atoms with van der Waals surface area (Å²) in [6.45, 7) is 6.29. The third kappa shape index (κ3) is 7.60. The topological polar surface area (TPSA) is 79.8 Å². The molecule has 0 aliphatic heterocycles. The third-order valence-electron chi connectivity index (χ3n) is 3.97. The number of sulfone groups is 1. The van der Waals surface area contributed by atoms with Crippen LogP contribution in [-0.2, 0) is 9.84 Å². The zero-order chi connectivity index (χ0) is 20.2. The maximum absolute atomic E-state index is 12.3. The Hall–Kier alpha value is -2.54. The average Bonchev–Trinajstić information content (AvgIpc) is 2.70. The van der Waals surface area contributed by atoms with E-state index in [0.29, 0.717) is 37.0 Å². The van der Waals surface area contributed by atoms with Crippen LogP contribution in [0, 0.1) is 6.92 Å². The van der Waals surface area contributed by atoms with Gasteiger partial charge in [0.05, 0.1) is 17.2 Å². The first-order valence-electron chi connectivity index (χ1n) is 9.51. The fourth-order valence-electron chi connectivity index (χ4n) is 2.51. The lowest BCUT2D eigenvalue weighted by Crippen LogP contribution is -2.39. The molecule has 0 fully saturated rings. The van der Waals surface area contributed by atoms with Crippen LogP contribution in [0.5, 0.6) is 5.75 Å². The van der Waals surface area contributed by atoms with Crippen molar-refractivity contribution in [3.05, 3.63) is 60.2 Å². The van der Waals surface area contributed by atoms with Gasteiger partial charge in [-0.1, -0.05) is 35.9 Å². The fourth-order valence-corrected chi connectivity index (χ4v) is 3.82. The van der Waals surface area contributed by atoms with E-state index in [0.717, 1.165) is 12.3 Å². The van der Waals surface area contributed by atoms with Crippen LogP contribution >= 0.6 is 0 Å². The minimum Gasteiger partial charge on any atom is -0.492 e. The quantitative estimate of drug-likeness (QED) is 0.362. The van der Waals surface area contributed by atoms with Crippen LogP contribution in [-0.4, -0.2) is 46.4 Å². The highest BCUT2D eigenvalue weighted by Crippen LogP contribution is 2.11. The summed E-state index contributed by atoms with van der Waals surface area (Å²) in [6.07, 6.45) is 0.466. The Balaban J connectivity index is 1.74. The van der Waals surface area contributed by atoms with Gasteiger partial charge in [0, 0.05) is 13.1 Å². The minimum atomic E-state index is -3.26. The molecule has 2 rings (SSSR count). The summed E-state index contributed by atoms with van der Waals surface area (Å²) in [4.78, 5) is 4.80. The van der Waals surface area contributed by atoms with Gasteiger partial charge in [-0.2, -0.15) is 0 Å². The number of ether oxygens (including phenoxy) is 1. The highest BCUT2D eigenvalue weighted by Gasteiger charge is 2.12. The SMILES string of the molecule is CCNC(=NCCCS(=O)(=O)c1ccccc1)NCCOc1ccc(C)cc1. The lowest BCUT2D eigenvalue weighted by molar-refractivity contribution is 0.322. The molecule has 0 saturated heterocycles. The molecule has 0 spiro atoms. The van der Waals surface area contributed by atoms with E-state index in [1.54, 1.807) is 30.3 Å². The molecular formula is C21H29N3O3S. The van der Waals surface area contributed by atoms with Gasteiger partial charge in [-0.3, -0.25) is 4.99 Å². The summed E-state index contributed by atoms with van der Waals surface area (Å²) >= 11 is 0. The summed E-state index contributed by atoms with van der Waals surface area (Å²) in [5.74, 6) is 1.57. The molecule has 152 valence electrons. The summed E-state index contributed by atoms with van der Waals surface area (Å²) in [5.41, 5.74) is 1.20. The Morgan fingerprint density at radius 2 is 1.75 bits per heavy atom. The first-order chi connectivity index (χ1) is 13.5. The Labute approximate surface area is 168 Å². The second kappa shape index (κ2) is 11.3. The Kier molecular flexibility index (Phi) is 8.81. The molecular weight excluding hydrogens is 374 g/mol. The molecule has 0 amide bonds. The molecule has 0 aliphatic carbocycles. The van der Waals surface area contributed by atoms with E-state index in [1.165, 1.54) is 5.56 Å². The fraction of sp³-hybridized carbons (Fsp3) is 0.381. The molecule has 0 saturated carbocycles. The molecule has 0 aliphatic rings. The summed E-state index contributed by atoms with van der Waals surface area (Å²) in [6, 6.07) is 16.4. The van der Waals surface area contributed by atoms with Gasteiger partial charge in [0.2, 0.25) is 0 Å². The smallest absolute Gasteiger partial charge is 0.191 e. The number of nitrogens with zero attached hydrogens (tertiary/aromatic N) is 1. The van der Waals surface area contributed by atoms with Gasteiger partial charge in [0.1, 0.15) is 12.4 Å². The van der Waals surface area contributed by atoms with E-state index in [1.807, 2.05) is 38.1 Å². The van der Waals surface area contributed by atoms with E-state index in [9.17, 15) is 8.42 Å². The molecule has 0 aromatic heterocycles. The van der Waals surface area contributed by atoms with Gasteiger partial charge >= 0.3 is 0 Å². The Bertz CT molecular complexity index is 835. The molecule has 6 nitrogen and oxygen atoms in total. The van der Waals surface area contributed by atoms with Crippen LogP contribution in [0.15, 0.2) is 64.5 Å². The molecule has 0 heterocycles. The van der Waals surface area contributed by atoms with E-state index in [-0.39, 0.29) is 5.75 Å². The summed E-state index contributed by atoms with van der Waals surface area (Å²) in [5, 5.41) is 6.35. The van der Waals surface area contributed by atoms with E-state index < -0.39 is 9.84 Å². The average molecular weight is 404 g/mol. The van der Waals surface area contributed by atoms with Crippen LogP contribution in [0.1, 0.15) is 18.9 Å². The monoisotopic (exact) mass is 403 g/mol. The maximum Gasteiger partial charge on any atom is 0.191 e. The minimum absolute atomic E-state index is 0.0798. The number of guanidine groups is 1. The van der Waals surface area contributed by atoms with Crippen LogP contribution in [0.4, 0.5) is 0 Å². The van der Waals surface area contributed by atoms with Crippen molar-refractivity contribution in [1.82, 2.24) is 10.6 Å². The summed E-state index contributed by atoms with van der Waals surface area (Å²) < 4.78 is 30.2. The van der Waals surface area contributed by atoms with Crippen molar-refractivity contribution in [1.29, 1.82) is 0 Å². The molecule has 2 N–H and O–H groups in total.